The Balaban J connectivity index is 2.21. The van der Waals surface area contributed by atoms with Crippen LogP contribution in [0.5, 0.6) is 0 Å². The number of sulfonamides is 1. The molecule has 0 radical (unpaired) electrons. The molecule has 9 heteroatoms. The predicted molar refractivity (Wildman–Crippen MR) is 137 cm³/mol. The van der Waals surface area contributed by atoms with Crippen molar-refractivity contribution in [3.05, 3.63) is 64.7 Å². The maximum Gasteiger partial charge on any atom is 0.242 e. The van der Waals surface area contributed by atoms with Crippen molar-refractivity contribution in [1.82, 2.24) is 10.2 Å². The monoisotopic (exact) mass is 507 g/mol. The normalized spacial score (nSPS) is 12.1. The number of nitrogens with zero attached hydrogens (tertiary/aromatic N) is 2. The van der Waals surface area contributed by atoms with Crippen LogP contribution in [0.15, 0.2) is 48.5 Å². The highest BCUT2D eigenvalue weighted by molar-refractivity contribution is 7.92. The van der Waals surface area contributed by atoms with Crippen molar-refractivity contribution in [3.8, 4) is 0 Å². The van der Waals surface area contributed by atoms with Gasteiger partial charge in [0.1, 0.15) is 6.04 Å². The first kappa shape index (κ1) is 27.7. The second kappa shape index (κ2) is 12.8. The Hall–Kier alpha value is -2.58. The van der Waals surface area contributed by atoms with Crippen LogP contribution in [0, 0.1) is 6.92 Å². The number of hydrogen-bond donors (Lipinski definition) is 1. The third-order valence-electron chi connectivity index (χ3n) is 5.48. The quantitative estimate of drug-likeness (QED) is 0.467. The van der Waals surface area contributed by atoms with Gasteiger partial charge in [0, 0.05) is 31.1 Å². The molecule has 1 atom stereocenters. The summed E-state index contributed by atoms with van der Waals surface area (Å²) in [4.78, 5) is 27.6. The van der Waals surface area contributed by atoms with Gasteiger partial charge in [-0.05, 0) is 56.0 Å². The van der Waals surface area contributed by atoms with Gasteiger partial charge in [-0.15, -0.1) is 0 Å². The van der Waals surface area contributed by atoms with Crippen LogP contribution >= 0.6 is 11.6 Å². The van der Waals surface area contributed by atoms with Crippen molar-refractivity contribution in [1.29, 1.82) is 0 Å². The van der Waals surface area contributed by atoms with Gasteiger partial charge in [0.25, 0.3) is 0 Å². The van der Waals surface area contributed by atoms with E-state index in [0.717, 1.165) is 17.4 Å². The Kier molecular flexibility index (Phi) is 10.4. The van der Waals surface area contributed by atoms with Crippen LogP contribution in [-0.4, -0.2) is 50.5 Å². The van der Waals surface area contributed by atoms with E-state index in [-0.39, 0.29) is 31.3 Å². The molecule has 0 aliphatic rings. The SMILES string of the molecule is CCNC(=O)[C@@H](CC)N(Cc1ccccc1Cl)C(=O)CCCN(c1cccc(C)c1)S(C)(=O)=O. The first-order valence-corrected chi connectivity index (χ1v) is 13.7. The summed E-state index contributed by atoms with van der Waals surface area (Å²) in [6, 6.07) is 13.8. The number of amides is 2. The molecule has 0 fully saturated rings. The van der Waals surface area contributed by atoms with Crippen molar-refractivity contribution < 1.29 is 18.0 Å². The van der Waals surface area contributed by atoms with E-state index in [2.05, 4.69) is 5.32 Å². The van der Waals surface area contributed by atoms with E-state index >= 15 is 0 Å². The molecule has 2 rings (SSSR count). The van der Waals surface area contributed by atoms with Gasteiger partial charge in [0.2, 0.25) is 21.8 Å². The third-order valence-corrected chi connectivity index (χ3v) is 7.04. The lowest BCUT2D eigenvalue weighted by atomic mass is 10.1. The van der Waals surface area contributed by atoms with Gasteiger partial charge in [-0.1, -0.05) is 48.9 Å². The number of aryl methyl sites for hydroxylation is 1. The maximum atomic E-state index is 13.3. The van der Waals surface area contributed by atoms with Gasteiger partial charge in [0.15, 0.2) is 0 Å². The van der Waals surface area contributed by atoms with Gasteiger partial charge in [-0.25, -0.2) is 8.42 Å². The summed E-state index contributed by atoms with van der Waals surface area (Å²) in [5, 5.41) is 3.32. The molecule has 0 aromatic heterocycles. The smallest absolute Gasteiger partial charge is 0.242 e. The Morgan fingerprint density at radius 3 is 2.38 bits per heavy atom. The lowest BCUT2D eigenvalue weighted by molar-refractivity contribution is -0.141. The van der Waals surface area contributed by atoms with E-state index in [9.17, 15) is 18.0 Å². The highest BCUT2D eigenvalue weighted by atomic mass is 35.5. The average molecular weight is 508 g/mol. The van der Waals surface area contributed by atoms with Crippen LogP contribution < -0.4 is 9.62 Å². The van der Waals surface area contributed by atoms with Crippen LogP contribution in [0.25, 0.3) is 0 Å². The van der Waals surface area contributed by atoms with Crippen LogP contribution in [0.2, 0.25) is 5.02 Å². The second-order valence-electron chi connectivity index (χ2n) is 8.21. The molecule has 2 aromatic rings. The second-order valence-corrected chi connectivity index (χ2v) is 10.5. The van der Waals surface area contributed by atoms with E-state index in [4.69, 9.17) is 11.6 Å². The minimum Gasteiger partial charge on any atom is -0.355 e. The molecule has 0 saturated carbocycles. The van der Waals surface area contributed by atoms with E-state index in [1.54, 1.807) is 29.2 Å². The summed E-state index contributed by atoms with van der Waals surface area (Å²) >= 11 is 6.33. The number of halogens is 1. The average Bonchev–Trinajstić information content (AvgIpc) is 2.77. The molecule has 2 aromatic carbocycles. The number of nitrogens with one attached hydrogen (secondary N) is 1. The molecule has 0 heterocycles. The van der Waals surface area contributed by atoms with Gasteiger partial charge in [-0.2, -0.15) is 0 Å². The number of carbonyl (C=O) groups excluding carboxylic acids is 2. The summed E-state index contributed by atoms with van der Waals surface area (Å²) in [6.07, 6.45) is 2.01. The zero-order valence-corrected chi connectivity index (χ0v) is 21.8. The Morgan fingerprint density at radius 2 is 1.79 bits per heavy atom. The number of anilines is 1. The third kappa shape index (κ3) is 7.74. The van der Waals surface area contributed by atoms with Crippen LogP contribution in [0.1, 0.15) is 44.2 Å². The number of carbonyl (C=O) groups is 2. The number of likely N-dealkylation sites (N-methyl/N-ethyl adjacent to an activating group) is 1. The summed E-state index contributed by atoms with van der Waals surface area (Å²) in [6.45, 7) is 6.40. The molecule has 186 valence electrons. The van der Waals surface area contributed by atoms with Gasteiger partial charge < -0.3 is 10.2 Å². The lowest BCUT2D eigenvalue weighted by Gasteiger charge is -2.31. The molecule has 0 spiro atoms. The topological polar surface area (TPSA) is 86.8 Å². The summed E-state index contributed by atoms with van der Waals surface area (Å²) in [7, 11) is -3.52. The molecule has 0 aliphatic heterocycles. The standard InChI is InChI=1S/C25H34ClN3O4S/c1-5-23(25(31)27-6-2)28(18-20-12-7-8-14-22(20)26)24(30)15-10-16-29(34(4,32)33)21-13-9-11-19(3)17-21/h7-9,11-14,17,23H,5-6,10,15-16,18H2,1-4H3,(H,27,31)/t23-/m1/s1. The summed E-state index contributed by atoms with van der Waals surface area (Å²) in [5.41, 5.74) is 2.26. The van der Waals surface area contributed by atoms with Crippen molar-refractivity contribution in [2.24, 2.45) is 0 Å². The van der Waals surface area contributed by atoms with Crippen LogP contribution in [0.3, 0.4) is 0 Å². The van der Waals surface area contributed by atoms with E-state index in [1.165, 1.54) is 4.31 Å². The highest BCUT2D eigenvalue weighted by Crippen LogP contribution is 2.22. The minimum absolute atomic E-state index is 0.0954. The van der Waals surface area contributed by atoms with Gasteiger partial charge >= 0.3 is 0 Å². The molecule has 0 saturated heterocycles. The van der Waals surface area contributed by atoms with Crippen molar-refractivity contribution in [2.75, 3.05) is 23.7 Å². The molecule has 0 bridgehead atoms. The van der Waals surface area contributed by atoms with Crippen molar-refractivity contribution >= 4 is 39.1 Å². The molecular weight excluding hydrogens is 474 g/mol. The van der Waals surface area contributed by atoms with E-state index in [0.29, 0.717) is 30.1 Å². The van der Waals surface area contributed by atoms with E-state index < -0.39 is 16.1 Å². The van der Waals surface area contributed by atoms with E-state index in [1.807, 2.05) is 45.0 Å². The molecule has 34 heavy (non-hydrogen) atoms. The maximum absolute atomic E-state index is 13.3. The zero-order valence-electron chi connectivity index (χ0n) is 20.3. The highest BCUT2D eigenvalue weighted by Gasteiger charge is 2.29. The zero-order chi connectivity index (χ0) is 25.3. The Labute approximate surface area is 208 Å². The summed E-state index contributed by atoms with van der Waals surface area (Å²) < 4.78 is 26.1. The lowest BCUT2D eigenvalue weighted by Crippen LogP contribution is -2.49. The van der Waals surface area contributed by atoms with Gasteiger partial charge in [-0.3, -0.25) is 13.9 Å². The number of hydrogen-bond acceptors (Lipinski definition) is 4. The minimum atomic E-state index is -3.52. The molecule has 7 nitrogen and oxygen atoms in total. The first-order valence-electron chi connectivity index (χ1n) is 11.4. The fraction of sp³-hybridized carbons (Fsp3) is 0.440. The molecule has 0 aliphatic carbocycles. The number of benzene rings is 2. The summed E-state index contributed by atoms with van der Waals surface area (Å²) in [5.74, 6) is -0.446. The fourth-order valence-corrected chi connectivity index (χ4v) is 4.96. The Morgan fingerprint density at radius 1 is 1.09 bits per heavy atom. The predicted octanol–water partition coefficient (Wildman–Crippen LogP) is 4.14. The van der Waals surface area contributed by atoms with Crippen molar-refractivity contribution in [3.63, 3.8) is 0 Å². The van der Waals surface area contributed by atoms with Crippen LogP contribution in [-0.2, 0) is 26.2 Å². The van der Waals surface area contributed by atoms with Crippen molar-refractivity contribution in [2.45, 2.75) is 52.6 Å². The molecule has 0 unspecified atom stereocenters. The molecule has 1 N–H and O–H groups in total. The number of rotatable bonds is 12. The first-order chi connectivity index (χ1) is 16.1. The van der Waals surface area contributed by atoms with Gasteiger partial charge in [0.05, 0.1) is 11.9 Å². The molecular formula is C25H34ClN3O4S. The fourth-order valence-electron chi connectivity index (χ4n) is 3.81. The van der Waals surface area contributed by atoms with Crippen LogP contribution in [0.4, 0.5) is 5.69 Å². The molecule has 2 amide bonds. The largest absolute Gasteiger partial charge is 0.355 e. The Bertz CT molecular complexity index is 1090.